The molecule has 0 saturated carbocycles. The normalized spacial score (nSPS) is 16.3. The second-order valence-corrected chi connectivity index (χ2v) is 10.4. The molecule has 0 radical (unpaired) electrons. The quantitative estimate of drug-likeness (QED) is 0.229. The third-order valence-corrected chi connectivity index (χ3v) is 7.30. The van der Waals surface area contributed by atoms with Crippen LogP contribution in [0.5, 0.6) is 11.5 Å². The zero-order chi connectivity index (χ0) is 33.8. The predicted octanol–water partition coefficient (Wildman–Crippen LogP) is 7.77. The summed E-state index contributed by atoms with van der Waals surface area (Å²) in [7, 11) is 2.40. The molecule has 2 atom stereocenters. The van der Waals surface area contributed by atoms with E-state index in [1.807, 2.05) is 0 Å². The van der Waals surface area contributed by atoms with E-state index >= 15 is 0 Å². The lowest BCUT2D eigenvalue weighted by Crippen LogP contribution is -2.47. The SMILES string of the molecule is CCOC(=O)N1c2cc(OCc3cccnc3)c(OC)cc2C(N(Cc2cc(C(F)(F)F)cc(C(F)(F)F)c2)C(=O)OC)CC1C. The maximum Gasteiger partial charge on any atom is 0.416 e. The molecule has 15 heteroatoms. The maximum absolute atomic E-state index is 13.6. The Bertz CT molecular complexity index is 1520. The van der Waals surface area contributed by atoms with Gasteiger partial charge in [0.15, 0.2) is 11.5 Å². The first-order chi connectivity index (χ1) is 21.7. The second-order valence-electron chi connectivity index (χ2n) is 10.4. The van der Waals surface area contributed by atoms with Crippen molar-refractivity contribution in [2.45, 2.75) is 57.9 Å². The van der Waals surface area contributed by atoms with Gasteiger partial charge >= 0.3 is 24.5 Å². The molecule has 0 N–H and O–H groups in total. The summed E-state index contributed by atoms with van der Waals surface area (Å²) < 4.78 is 103. The summed E-state index contributed by atoms with van der Waals surface area (Å²) in [5.41, 5.74) is -2.22. The van der Waals surface area contributed by atoms with Gasteiger partial charge < -0.3 is 18.9 Å². The Kier molecular flexibility index (Phi) is 10.2. The average molecular weight is 656 g/mol. The van der Waals surface area contributed by atoms with Crippen LogP contribution in [0.1, 0.15) is 54.1 Å². The minimum Gasteiger partial charge on any atom is -0.493 e. The topological polar surface area (TPSA) is 90.4 Å². The van der Waals surface area contributed by atoms with Crippen molar-refractivity contribution in [1.82, 2.24) is 9.88 Å². The van der Waals surface area contributed by atoms with E-state index in [0.29, 0.717) is 17.7 Å². The number of aromatic nitrogens is 1. The average Bonchev–Trinajstić information content (AvgIpc) is 3.01. The number of ether oxygens (including phenoxy) is 4. The van der Waals surface area contributed by atoms with E-state index in [4.69, 9.17) is 18.9 Å². The van der Waals surface area contributed by atoms with Crippen molar-refractivity contribution >= 4 is 17.9 Å². The number of hydrogen-bond donors (Lipinski definition) is 0. The molecule has 248 valence electrons. The van der Waals surface area contributed by atoms with E-state index in [1.165, 1.54) is 24.1 Å². The second kappa shape index (κ2) is 13.7. The lowest BCUT2D eigenvalue weighted by Gasteiger charge is -2.42. The van der Waals surface area contributed by atoms with Gasteiger partial charge in [-0.1, -0.05) is 6.07 Å². The highest BCUT2D eigenvalue weighted by Crippen LogP contribution is 2.47. The molecule has 4 rings (SSSR count). The van der Waals surface area contributed by atoms with Crippen molar-refractivity contribution in [1.29, 1.82) is 0 Å². The Balaban J connectivity index is 1.84. The molecule has 0 spiro atoms. The van der Waals surface area contributed by atoms with E-state index in [-0.39, 0.29) is 42.9 Å². The highest BCUT2D eigenvalue weighted by atomic mass is 19.4. The molecule has 1 aliphatic rings. The van der Waals surface area contributed by atoms with Crippen LogP contribution in [0.25, 0.3) is 0 Å². The standard InChI is InChI=1S/C31H31F6N3O6/c1-5-45-29(42)40-18(2)9-24(23-13-26(43-3)27(14-25(23)40)46-17-19-7-6-8-38-15-19)39(28(41)44-4)16-20-10-21(30(32,33)34)12-22(11-20)31(35,36)37/h6-8,10-15,18,24H,5,9,16-17H2,1-4H3. The van der Waals surface area contributed by atoms with E-state index < -0.39 is 59.9 Å². The van der Waals surface area contributed by atoms with E-state index in [1.54, 1.807) is 38.4 Å². The van der Waals surface area contributed by atoms with Gasteiger partial charge in [-0.3, -0.25) is 14.8 Å². The number of amides is 2. The van der Waals surface area contributed by atoms with Crippen LogP contribution in [0.4, 0.5) is 41.6 Å². The Morgan fingerprint density at radius 1 is 0.978 bits per heavy atom. The third kappa shape index (κ3) is 7.57. The molecule has 2 unspecified atom stereocenters. The monoisotopic (exact) mass is 655 g/mol. The fourth-order valence-corrected chi connectivity index (χ4v) is 5.24. The molecule has 1 aliphatic heterocycles. The number of alkyl halides is 6. The highest BCUT2D eigenvalue weighted by Gasteiger charge is 2.42. The van der Waals surface area contributed by atoms with Crippen molar-refractivity contribution in [2.75, 3.05) is 25.7 Å². The number of fused-ring (bicyclic) bond motifs is 1. The molecule has 0 fully saturated rings. The van der Waals surface area contributed by atoms with Gasteiger partial charge in [-0.2, -0.15) is 26.3 Å². The zero-order valence-electron chi connectivity index (χ0n) is 25.2. The van der Waals surface area contributed by atoms with Crippen molar-refractivity contribution < 1.29 is 54.9 Å². The molecule has 0 saturated heterocycles. The van der Waals surface area contributed by atoms with E-state index in [9.17, 15) is 35.9 Å². The van der Waals surface area contributed by atoms with Gasteiger partial charge in [0.1, 0.15) is 6.61 Å². The Morgan fingerprint density at radius 3 is 2.20 bits per heavy atom. The molecule has 1 aromatic heterocycles. The molecule has 3 aromatic rings. The van der Waals surface area contributed by atoms with Gasteiger partial charge in [0.25, 0.3) is 0 Å². The number of anilines is 1. The number of halogens is 6. The number of nitrogens with zero attached hydrogens (tertiary/aromatic N) is 3. The minimum atomic E-state index is -5.09. The summed E-state index contributed by atoms with van der Waals surface area (Å²) in [5, 5.41) is 0. The Hall–Kier alpha value is -4.69. The molecular weight excluding hydrogens is 624 g/mol. The van der Waals surface area contributed by atoms with Gasteiger partial charge in [0.2, 0.25) is 0 Å². The number of methoxy groups -OCH3 is 2. The van der Waals surface area contributed by atoms with Crippen LogP contribution in [0.3, 0.4) is 0 Å². The van der Waals surface area contributed by atoms with Gasteiger partial charge in [0, 0.05) is 42.2 Å². The van der Waals surface area contributed by atoms with Crippen molar-refractivity contribution in [3.05, 3.63) is 82.7 Å². The Labute approximate surface area is 260 Å². The van der Waals surface area contributed by atoms with Crippen LogP contribution < -0.4 is 14.4 Å². The molecule has 0 aliphatic carbocycles. The molecule has 46 heavy (non-hydrogen) atoms. The third-order valence-electron chi connectivity index (χ3n) is 7.30. The number of hydrogen-bond acceptors (Lipinski definition) is 7. The lowest BCUT2D eigenvalue weighted by atomic mass is 9.90. The van der Waals surface area contributed by atoms with Gasteiger partial charge in [-0.25, -0.2) is 9.59 Å². The van der Waals surface area contributed by atoms with Gasteiger partial charge in [-0.15, -0.1) is 0 Å². The number of rotatable bonds is 8. The van der Waals surface area contributed by atoms with E-state index in [2.05, 4.69) is 4.98 Å². The van der Waals surface area contributed by atoms with Crippen LogP contribution in [0.15, 0.2) is 54.9 Å². The van der Waals surface area contributed by atoms with E-state index in [0.717, 1.165) is 17.6 Å². The summed E-state index contributed by atoms with van der Waals surface area (Å²) >= 11 is 0. The first-order valence-electron chi connectivity index (χ1n) is 14.0. The van der Waals surface area contributed by atoms with Crippen molar-refractivity contribution in [2.24, 2.45) is 0 Å². The first kappa shape index (κ1) is 34.2. The summed E-state index contributed by atoms with van der Waals surface area (Å²) in [6, 6.07) is 5.99. The lowest BCUT2D eigenvalue weighted by molar-refractivity contribution is -0.143. The van der Waals surface area contributed by atoms with Gasteiger partial charge in [-0.05, 0) is 56.2 Å². The van der Waals surface area contributed by atoms with Crippen molar-refractivity contribution in [3.8, 4) is 11.5 Å². The zero-order valence-corrected chi connectivity index (χ0v) is 25.2. The van der Waals surface area contributed by atoms with Crippen LogP contribution in [0, 0.1) is 0 Å². The smallest absolute Gasteiger partial charge is 0.416 e. The number of carbonyl (C=O) groups is 2. The van der Waals surface area contributed by atoms with Crippen LogP contribution in [0.2, 0.25) is 0 Å². The number of carbonyl (C=O) groups excluding carboxylic acids is 2. The fraction of sp³-hybridized carbons (Fsp3) is 0.387. The van der Waals surface area contributed by atoms with Crippen LogP contribution in [-0.2, 0) is 35.0 Å². The van der Waals surface area contributed by atoms with Crippen LogP contribution in [-0.4, -0.2) is 48.9 Å². The summed E-state index contributed by atoms with van der Waals surface area (Å²) in [6.45, 7) is 2.72. The molecule has 2 amide bonds. The molecular formula is C31H31F6N3O6. The Morgan fingerprint density at radius 2 is 1.65 bits per heavy atom. The highest BCUT2D eigenvalue weighted by molar-refractivity contribution is 5.91. The number of pyridine rings is 1. The van der Waals surface area contributed by atoms with Gasteiger partial charge in [0.05, 0.1) is 43.7 Å². The number of benzene rings is 2. The summed E-state index contributed by atoms with van der Waals surface area (Å²) in [5.74, 6) is 0.402. The molecule has 0 bridgehead atoms. The molecule has 9 nitrogen and oxygen atoms in total. The maximum atomic E-state index is 13.6. The fourth-order valence-electron chi connectivity index (χ4n) is 5.24. The van der Waals surface area contributed by atoms with Crippen LogP contribution >= 0.6 is 0 Å². The summed E-state index contributed by atoms with van der Waals surface area (Å²) in [6.07, 6.45) is -8.69. The minimum absolute atomic E-state index is 0.0130. The molecule has 2 aromatic carbocycles. The van der Waals surface area contributed by atoms with Crippen molar-refractivity contribution in [3.63, 3.8) is 0 Å². The first-order valence-corrected chi connectivity index (χ1v) is 14.0. The molecule has 2 heterocycles. The largest absolute Gasteiger partial charge is 0.493 e. The predicted molar refractivity (Wildman–Crippen MR) is 152 cm³/mol. The summed E-state index contributed by atoms with van der Waals surface area (Å²) in [4.78, 5) is 32.7.